The van der Waals surface area contributed by atoms with E-state index in [2.05, 4.69) is 20.8 Å². The van der Waals surface area contributed by atoms with Gasteiger partial charge in [-0.25, -0.2) is 0 Å². The zero-order chi connectivity index (χ0) is 31.7. The van der Waals surface area contributed by atoms with Gasteiger partial charge in [-0.15, -0.1) is 0 Å². The highest BCUT2D eigenvalue weighted by molar-refractivity contribution is 5.95. The number of hydrogen-bond acceptors (Lipinski definition) is 7. The van der Waals surface area contributed by atoms with Crippen LogP contribution < -0.4 is 0 Å². The van der Waals surface area contributed by atoms with Gasteiger partial charge in [0.1, 0.15) is 6.61 Å². The second-order valence-electron chi connectivity index (χ2n) is 12.1. The summed E-state index contributed by atoms with van der Waals surface area (Å²) in [5.41, 5.74) is 0. The zero-order valence-electron chi connectivity index (χ0n) is 27.2. The lowest BCUT2D eigenvalue weighted by Gasteiger charge is -2.15. The second kappa shape index (κ2) is 25.1. The summed E-state index contributed by atoms with van der Waals surface area (Å²) in [6.07, 6.45) is 25.5. The molecule has 0 radical (unpaired) electrons. The number of ether oxygens (including phenoxy) is 2. The van der Waals surface area contributed by atoms with Crippen molar-refractivity contribution < 1.29 is 34.1 Å². The van der Waals surface area contributed by atoms with Crippen LogP contribution in [0, 0.1) is 17.8 Å². The van der Waals surface area contributed by atoms with E-state index in [-0.39, 0.29) is 49.2 Å². The molecule has 0 aromatic carbocycles. The largest absolute Gasteiger partial charge is 0.462 e. The lowest BCUT2D eigenvalue weighted by atomic mass is 9.90. The van der Waals surface area contributed by atoms with Crippen LogP contribution in [0.4, 0.5) is 0 Å². The average Bonchev–Trinajstić information content (AvgIpc) is 3.35. The summed E-state index contributed by atoms with van der Waals surface area (Å²) in [5.74, 6) is -0.0272. The molecule has 1 aliphatic carbocycles. The Hall–Kier alpha value is -2.25. The number of aliphatic hydroxyl groups is 2. The fourth-order valence-electron chi connectivity index (χ4n) is 5.11. The molecule has 5 atom stereocenters. The van der Waals surface area contributed by atoms with Crippen molar-refractivity contribution in [1.82, 2.24) is 0 Å². The van der Waals surface area contributed by atoms with Gasteiger partial charge in [-0.05, 0) is 50.0 Å². The van der Waals surface area contributed by atoms with Gasteiger partial charge in [0.2, 0.25) is 0 Å². The van der Waals surface area contributed by atoms with Gasteiger partial charge in [-0.3, -0.25) is 14.4 Å². The Bertz CT molecular complexity index is 847. The van der Waals surface area contributed by atoms with E-state index in [9.17, 15) is 24.6 Å². The molecular formula is C36H60O7. The number of unbranched alkanes of at least 4 members (excludes halogenated alkanes) is 8. The Morgan fingerprint density at radius 2 is 1.63 bits per heavy atom. The van der Waals surface area contributed by atoms with E-state index in [0.29, 0.717) is 19.3 Å². The maximum atomic E-state index is 12.2. The van der Waals surface area contributed by atoms with Crippen molar-refractivity contribution in [1.29, 1.82) is 0 Å². The zero-order valence-corrected chi connectivity index (χ0v) is 27.2. The third-order valence-electron chi connectivity index (χ3n) is 8.22. The topological polar surface area (TPSA) is 110 Å². The van der Waals surface area contributed by atoms with Gasteiger partial charge >= 0.3 is 11.9 Å². The second-order valence-corrected chi connectivity index (χ2v) is 12.1. The molecule has 7 nitrogen and oxygen atoms in total. The molecule has 0 aromatic rings. The highest BCUT2D eigenvalue weighted by Crippen LogP contribution is 2.27. The third-order valence-corrected chi connectivity index (χ3v) is 8.22. The molecule has 0 bridgehead atoms. The molecule has 0 heterocycles. The summed E-state index contributed by atoms with van der Waals surface area (Å²) in [6.45, 7) is 6.13. The van der Waals surface area contributed by atoms with Gasteiger partial charge < -0.3 is 19.7 Å². The first kappa shape index (κ1) is 38.8. The normalized spacial score (nSPS) is 18.9. The minimum atomic E-state index is -0.835. The summed E-state index contributed by atoms with van der Waals surface area (Å²) >= 11 is 0. The van der Waals surface area contributed by atoms with E-state index < -0.39 is 12.2 Å². The van der Waals surface area contributed by atoms with Crippen molar-refractivity contribution in [3.05, 3.63) is 36.5 Å². The Labute approximate surface area is 261 Å². The highest BCUT2D eigenvalue weighted by Gasteiger charge is 2.27. The van der Waals surface area contributed by atoms with Crippen molar-refractivity contribution in [3.8, 4) is 0 Å². The number of aliphatic hydroxyl groups excluding tert-OH is 2. The molecule has 1 unspecified atom stereocenters. The first-order chi connectivity index (χ1) is 20.8. The molecule has 7 heteroatoms. The SMILES string of the molecule is CCCCC[C@H](O)/C=C/[C@H]1C(=O)C=C[C@@H]1C/C=C\CCCC(=O)OC[C@H](CO)OC(=O)CCCCCCCCC(C)CC. The van der Waals surface area contributed by atoms with Crippen LogP contribution in [0.5, 0.6) is 0 Å². The van der Waals surface area contributed by atoms with Gasteiger partial charge in [-0.2, -0.15) is 0 Å². The standard InChI is InChI=1S/C36H60O7/c1-4-6-13-20-31(38)24-25-33-30(23-26-34(33)39)19-15-11-12-16-21-35(40)42-28-32(27-37)43-36(41)22-17-10-8-7-9-14-18-29(3)5-2/h11,15,23-26,29-33,37-38H,4-10,12-14,16-22,27-28H2,1-3H3/b15-11-,25-24+/t29?,30-,31-,32-,33+/m0/s1. The molecule has 43 heavy (non-hydrogen) atoms. The van der Waals surface area contributed by atoms with Crippen molar-refractivity contribution >= 4 is 17.7 Å². The van der Waals surface area contributed by atoms with Crippen LogP contribution in [0.3, 0.4) is 0 Å². The van der Waals surface area contributed by atoms with Crippen LogP contribution in [-0.2, 0) is 23.9 Å². The fraction of sp³-hybridized carbons (Fsp3) is 0.750. The smallest absolute Gasteiger partial charge is 0.306 e. The number of ketones is 1. The summed E-state index contributed by atoms with van der Waals surface area (Å²) in [6, 6.07) is 0. The van der Waals surface area contributed by atoms with Gasteiger partial charge in [-0.1, -0.05) is 115 Å². The van der Waals surface area contributed by atoms with E-state index in [0.717, 1.165) is 57.3 Å². The molecule has 0 spiro atoms. The number of rotatable bonds is 26. The maximum Gasteiger partial charge on any atom is 0.306 e. The monoisotopic (exact) mass is 604 g/mol. The average molecular weight is 605 g/mol. The van der Waals surface area contributed by atoms with E-state index in [4.69, 9.17) is 9.47 Å². The number of hydrogen-bond donors (Lipinski definition) is 2. The van der Waals surface area contributed by atoms with E-state index in [1.54, 1.807) is 12.2 Å². The first-order valence-corrected chi connectivity index (χ1v) is 17.0. The van der Waals surface area contributed by atoms with E-state index in [1.807, 2.05) is 24.3 Å². The molecular weight excluding hydrogens is 544 g/mol. The molecule has 1 aliphatic rings. The fourth-order valence-corrected chi connectivity index (χ4v) is 5.11. The van der Waals surface area contributed by atoms with Crippen LogP contribution in [0.1, 0.15) is 130 Å². The Balaban J connectivity index is 2.16. The third kappa shape index (κ3) is 19.6. The summed E-state index contributed by atoms with van der Waals surface area (Å²) in [7, 11) is 0. The minimum Gasteiger partial charge on any atom is -0.462 e. The van der Waals surface area contributed by atoms with Crippen molar-refractivity contribution in [3.63, 3.8) is 0 Å². The molecule has 2 N–H and O–H groups in total. The van der Waals surface area contributed by atoms with Gasteiger partial charge in [0, 0.05) is 18.8 Å². The van der Waals surface area contributed by atoms with Crippen LogP contribution in [0.25, 0.3) is 0 Å². The van der Waals surface area contributed by atoms with E-state index >= 15 is 0 Å². The van der Waals surface area contributed by atoms with Crippen LogP contribution in [0.2, 0.25) is 0 Å². The number of carbonyl (C=O) groups is 3. The van der Waals surface area contributed by atoms with Gasteiger partial charge in [0.05, 0.1) is 12.7 Å². The molecule has 0 saturated heterocycles. The lowest BCUT2D eigenvalue weighted by molar-refractivity contribution is -0.161. The molecule has 0 aliphatic heterocycles. The van der Waals surface area contributed by atoms with Gasteiger partial charge in [0.25, 0.3) is 0 Å². The maximum absolute atomic E-state index is 12.2. The predicted molar refractivity (Wildman–Crippen MR) is 172 cm³/mol. The van der Waals surface area contributed by atoms with Crippen molar-refractivity contribution in [2.45, 2.75) is 142 Å². The molecule has 0 amide bonds. The summed E-state index contributed by atoms with van der Waals surface area (Å²) in [4.78, 5) is 36.5. The highest BCUT2D eigenvalue weighted by atomic mass is 16.6. The predicted octanol–water partition coefficient (Wildman–Crippen LogP) is 7.59. The quantitative estimate of drug-likeness (QED) is 0.0595. The Morgan fingerprint density at radius 3 is 2.35 bits per heavy atom. The molecule has 0 fully saturated rings. The Morgan fingerprint density at radius 1 is 0.930 bits per heavy atom. The van der Waals surface area contributed by atoms with E-state index in [1.165, 1.54) is 32.1 Å². The molecule has 0 aromatic heterocycles. The minimum absolute atomic E-state index is 0.0725. The van der Waals surface area contributed by atoms with Crippen molar-refractivity contribution in [2.75, 3.05) is 13.2 Å². The number of carbonyl (C=O) groups excluding carboxylic acids is 3. The summed E-state index contributed by atoms with van der Waals surface area (Å²) < 4.78 is 10.5. The number of esters is 2. The number of allylic oxidation sites excluding steroid dienone is 5. The first-order valence-electron chi connectivity index (χ1n) is 17.0. The van der Waals surface area contributed by atoms with Crippen molar-refractivity contribution in [2.24, 2.45) is 17.8 Å². The molecule has 0 saturated carbocycles. The molecule has 246 valence electrons. The molecule has 1 rings (SSSR count). The summed E-state index contributed by atoms with van der Waals surface area (Å²) in [5, 5.41) is 19.6. The van der Waals surface area contributed by atoms with Gasteiger partial charge in [0.15, 0.2) is 11.9 Å². The van der Waals surface area contributed by atoms with Crippen LogP contribution >= 0.6 is 0 Å². The lowest BCUT2D eigenvalue weighted by Crippen LogP contribution is -2.28. The Kier molecular flexibility index (Phi) is 22.6. The van der Waals surface area contributed by atoms with Crippen LogP contribution in [-0.4, -0.2) is 53.4 Å². The van der Waals surface area contributed by atoms with Crippen LogP contribution in [0.15, 0.2) is 36.5 Å².